The van der Waals surface area contributed by atoms with Crippen molar-refractivity contribution >= 4 is 26.8 Å². The van der Waals surface area contributed by atoms with E-state index in [1.807, 2.05) is 0 Å². The number of pyridine rings is 1. The molecule has 176 valence electrons. The van der Waals surface area contributed by atoms with Gasteiger partial charge in [0, 0.05) is 57.5 Å². The molecule has 1 aliphatic heterocycles. The first kappa shape index (κ1) is 24.4. The Morgan fingerprint density at radius 1 is 1.16 bits per heavy atom. The van der Waals surface area contributed by atoms with Gasteiger partial charge >= 0.3 is 0 Å². The summed E-state index contributed by atoms with van der Waals surface area (Å²) in [5.74, 6) is 0.0363. The molecule has 0 bridgehead atoms. The molecule has 1 aliphatic rings. The molecule has 3 rings (SSSR count). The lowest BCUT2D eigenvalue weighted by Gasteiger charge is -2.29. The molecule has 0 unspecified atom stereocenters. The van der Waals surface area contributed by atoms with Gasteiger partial charge in [0.15, 0.2) is 0 Å². The molecule has 0 atom stereocenters. The SMILES string of the molecule is COCCN(CCOC)C(=O)c1c[nH]c2ccc(S(=O)(=O)N3CCC(C)CC3)cc2c1=O. The molecule has 1 N–H and O–H groups in total. The van der Waals surface area contributed by atoms with E-state index >= 15 is 0 Å². The minimum Gasteiger partial charge on any atom is -0.383 e. The Kier molecular flexibility index (Phi) is 8.05. The van der Waals surface area contributed by atoms with Gasteiger partial charge in [0.05, 0.1) is 18.1 Å². The Balaban J connectivity index is 1.96. The van der Waals surface area contributed by atoms with Crippen molar-refractivity contribution in [2.24, 2.45) is 5.92 Å². The number of aromatic amines is 1. The highest BCUT2D eigenvalue weighted by Gasteiger charge is 2.29. The van der Waals surface area contributed by atoms with Crippen molar-refractivity contribution in [3.63, 3.8) is 0 Å². The standard InChI is InChI=1S/C22H31N3O6S/c1-16-6-8-25(9-7-16)32(28,29)17-4-5-20-18(14-17)21(26)19(15-23-20)22(27)24(10-12-30-2)11-13-31-3/h4-5,14-16H,6-13H2,1-3H3,(H,23,26). The summed E-state index contributed by atoms with van der Waals surface area (Å²) in [6.07, 6.45) is 3.00. The number of ether oxygens (including phenoxy) is 2. The smallest absolute Gasteiger partial charge is 0.259 e. The maximum Gasteiger partial charge on any atom is 0.259 e. The highest BCUT2D eigenvalue weighted by Crippen LogP contribution is 2.25. The van der Waals surface area contributed by atoms with Crippen molar-refractivity contribution in [2.75, 3.05) is 53.6 Å². The van der Waals surface area contributed by atoms with Crippen LogP contribution in [-0.2, 0) is 19.5 Å². The second kappa shape index (κ2) is 10.6. The molecule has 1 saturated heterocycles. The van der Waals surface area contributed by atoms with Gasteiger partial charge in [-0.25, -0.2) is 8.42 Å². The van der Waals surface area contributed by atoms with Crippen LogP contribution in [-0.4, -0.2) is 82.1 Å². The van der Waals surface area contributed by atoms with Crippen LogP contribution in [0, 0.1) is 5.92 Å². The average Bonchev–Trinajstić information content (AvgIpc) is 2.79. The van der Waals surface area contributed by atoms with Crippen LogP contribution in [0.1, 0.15) is 30.1 Å². The van der Waals surface area contributed by atoms with E-state index < -0.39 is 21.4 Å². The molecule has 9 nitrogen and oxygen atoms in total. The summed E-state index contributed by atoms with van der Waals surface area (Å²) >= 11 is 0. The van der Waals surface area contributed by atoms with E-state index in [9.17, 15) is 18.0 Å². The van der Waals surface area contributed by atoms with Gasteiger partial charge in [0.25, 0.3) is 5.91 Å². The number of hydrogen-bond donors (Lipinski definition) is 1. The molecule has 0 saturated carbocycles. The van der Waals surface area contributed by atoms with Crippen molar-refractivity contribution in [1.29, 1.82) is 0 Å². The van der Waals surface area contributed by atoms with Crippen molar-refractivity contribution < 1.29 is 22.7 Å². The molecular formula is C22H31N3O6S. The van der Waals surface area contributed by atoms with Gasteiger partial charge < -0.3 is 19.4 Å². The first-order chi connectivity index (χ1) is 15.3. The number of nitrogens with zero attached hydrogens (tertiary/aromatic N) is 2. The number of fused-ring (bicyclic) bond motifs is 1. The second-order valence-corrected chi connectivity index (χ2v) is 10.0. The number of piperidine rings is 1. The molecule has 1 amide bonds. The normalized spacial score (nSPS) is 15.8. The number of sulfonamides is 1. The fourth-order valence-electron chi connectivity index (χ4n) is 3.78. The van der Waals surface area contributed by atoms with Gasteiger partial charge in [-0.3, -0.25) is 9.59 Å². The summed E-state index contributed by atoms with van der Waals surface area (Å²) in [5, 5.41) is 0.167. The van der Waals surface area contributed by atoms with E-state index in [1.165, 1.54) is 41.8 Å². The number of amides is 1. The van der Waals surface area contributed by atoms with Crippen LogP contribution in [0.4, 0.5) is 0 Å². The van der Waals surface area contributed by atoms with Gasteiger partial charge in [-0.1, -0.05) is 6.92 Å². The third kappa shape index (κ3) is 5.20. The minimum absolute atomic E-state index is 0.0500. The van der Waals surface area contributed by atoms with Crippen LogP contribution < -0.4 is 5.43 Å². The number of carbonyl (C=O) groups is 1. The summed E-state index contributed by atoms with van der Waals surface area (Å²) < 4.78 is 37.8. The molecule has 0 radical (unpaired) electrons. The topological polar surface area (TPSA) is 109 Å². The Labute approximate surface area is 188 Å². The Morgan fingerprint density at radius 3 is 2.38 bits per heavy atom. The van der Waals surface area contributed by atoms with Crippen molar-refractivity contribution in [2.45, 2.75) is 24.7 Å². The lowest BCUT2D eigenvalue weighted by molar-refractivity contribution is 0.0626. The maximum absolute atomic E-state index is 13.2. The fraction of sp³-hybridized carbons (Fsp3) is 0.545. The third-order valence-corrected chi connectivity index (χ3v) is 7.78. The number of hydrogen-bond acceptors (Lipinski definition) is 6. The van der Waals surface area contributed by atoms with E-state index in [0.717, 1.165) is 12.8 Å². The molecular weight excluding hydrogens is 434 g/mol. The number of benzene rings is 1. The molecule has 0 spiro atoms. The first-order valence-electron chi connectivity index (χ1n) is 10.7. The predicted molar refractivity (Wildman–Crippen MR) is 121 cm³/mol. The summed E-state index contributed by atoms with van der Waals surface area (Å²) in [4.78, 5) is 30.7. The molecule has 10 heteroatoms. The average molecular weight is 466 g/mol. The number of rotatable bonds is 9. The quantitative estimate of drug-likeness (QED) is 0.604. The molecule has 1 aromatic heterocycles. The van der Waals surface area contributed by atoms with E-state index in [0.29, 0.717) is 50.8 Å². The number of methoxy groups -OCH3 is 2. The van der Waals surface area contributed by atoms with Crippen LogP contribution in [0.3, 0.4) is 0 Å². The van der Waals surface area contributed by atoms with Gasteiger partial charge in [-0.2, -0.15) is 4.31 Å². The largest absolute Gasteiger partial charge is 0.383 e. The summed E-state index contributed by atoms with van der Waals surface area (Å²) in [6, 6.07) is 4.43. The predicted octanol–water partition coefficient (Wildman–Crippen LogP) is 1.68. The number of nitrogens with one attached hydrogen (secondary N) is 1. The van der Waals surface area contributed by atoms with Crippen LogP contribution >= 0.6 is 0 Å². The molecule has 2 heterocycles. The first-order valence-corrected chi connectivity index (χ1v) is 12.2. The zero-order valence-electron chi connectivity index (χ0n) is 18.8. The molecule has 1 fully saturated rings. The highest BCUT2D eigenvalue weighted by atomic mass is 32.2. The van der Waals surface area contributed by atoms with Crippen LogP contribution in [0.2, 0.25) is 0 Å². The fourth-order valence-corrected chi connectivity index (χ4v) is 5.28. The zero-order valence-corrected chi connectivity index (χ0v) is 19.6. The lowest BCUT2D eigenvalue weighted by atomic mass is 10.0. The highest BCUT2D eigenvalue weighted by molar-refractivity contribution is 7.89. The Morgan fingerprint density at radius 2 is 1.78 bits per heavy atom. The molecule has 1 aromatic carbocycles. The third-order valence-electron chi connectivity index (χ3n) is 5.88. The molecule has 32 heavy (non-hydrogen) atoms. The summed E-state index contributed by atoms with van der Waals surface area (Å²) in [6.45, 7) is 4.28. The summed E-state index contributed by atoms with van der Waals surface area (Å²) in [5.41, 5.74) is -0.0861. The van der Waals surface area contributed by atoms with Gasteiger partial charge in [0.2, 0.25) is 15.5 Å². The van der Waals surface area contributed by atoms with Crippen molar-refractivity contribution in [1.82, 2.24) is 14.2 Å². The van der Waals surface area contributed by atoms with Crippen LogP contribution in [0.25, 0.3) is 10.9 Å². The van der Waals surface area contributed by atoms with E-state index in [4.69, 9.17) is 9.47 Å². The second-order valence-electron chi connectivity index (χ2n) is 8.10. The zero-order chi connectivity index (χ0) is 23.3. The van der Waals surface area contributed by atoms with Gasteiger partial charge in [0.1, 0.15) is 5.56 Å². The van der Waals surface area contributed by atoms with Crippen LogP contribution in [0.5, 0.6) is 0 Å². The van der Waals surface area contributed by atoms with E-state index in [1.54, 1.807) is 6.07 Å². The lowest BCUT2D eigenvalue weighted by Crippen LogP contribution is -2.39. The number of carbonyl (C=O) groups excluding carboxylic acids is 1. The summed E-state index contributed by atoms with van der Waals surface area (Å²) in [7, 11) is -0.646. The van der Waals surface area contributed by atoms with E-state index in [-0.39, 0.29) is 15.8 Å². The van der Waals surface area contributed by atoms with Crippen LogP contribution in [0.15, 0.2) is 34.1 Å². The van der Waals surface area contributed by atoms with Crippen molar-refractivity contribution in [3.05, 3.63) is 40.2 Å². The molecule has 0 aliphatic carbocycles. The molecule has 2 aromatic rings. The van der Waals surface area contributed by atoms with Gasteiger partial charge in [-0.15, -0.1) is 0 Å². The van der Waals surface area contributed by atoms with E-state index in [2.05, 4.69) is 11.9 Å². The number of aromatic nitrogens is 1. The minimum atomic E-state index is -3.71. The Bertz CT molecular complexity index is 1100. The monoisotopic (exact) mass is 465 g/mol. The maximum atomic E-state index is 13.2. The van der Waals surface area contributed by atoms with Gasteiger partial charge in [-0.05, 0) is 37.0 Å². The van der Waals surface area contributed by atoms with Crippen molar-refractivity contribution in [3.8, 4) is 0 Å². The Hall–Kier alpha value is -2.27. The number of H-pyrrole nitrogens is 1.